The lowest BCUT2D eigenvalue weighted by Crippen LogP contribution is -2.23. The van der Waals surface area contributed by atoms with E-state index in [1.165, 1.54) is 11.1 Å². The number of carbonyl (C=O) groups excluding carboxylic acids is 1. The van der Waals surface area contributed by atoms with Crippen LogP contribution in [0, 0.1) is 0 Å². The average molecular weight is 316 g/mol. The normalized spacial score (nSPS) is 13.1. The molecule has 4 heteroatoms. The minimum Gasteiger partial charge on any atom is -0.496 e. The van der Waals surface area contributed by atoms with Gasteiger partial charge in [-0.05, 0) is 41.0 Å². The molecule has 0 spiro atoms. The SMILES string of the molecule is CCC(=O)N1Cc2ccc(-c3cc(Cl)ccc3OC)cc2C1. The molecule has 0 saturated heterocycles. The molecule has 0 aromatic heterocycles. The molecule has 2 aromatic carbocycles. The predicted octanol–water partition coefficient (Wildman–Crippen LogP) is 4.27. The number of carbonyl (C=O) groups is 1. The van der Waals surface area contributed by atoms with Gasteiger partial charge >= 0.3 is 0 Å². The van der Waals surface area contributed by atoms with Gasteiger partial charge in [-0.15, -0.1) is 0 Å². The maximum Gasteiger partial charge on any atom is 0.222 e. The second kappa shape index (κ2) is 6.01. The van der Waals surface area contributed by atoms with E-state index < -0.39 is 0 Å². The minimum atomic E-state index is 0.193. The van der Waals surface area contributed by atoms with Crippen molar-refractivity contribution in [3.8, 4) is 16.9 Å². The highest BCUT2D eigenvalue weighted by Gasteiger charge is 2.22. The molecular weight excluding hydrogens is 298 g/mol. The number of hydrogen-bond donors (Lipinski definition) is 0. The second-order valence-electron chi connectivity index (χ2n) is 5.43. The molecule has 0 fully saturated rings. The van der Waals surface area contributed by atoms with Crippen LogP contribution in [-0.4, -0.2) is 17.9 Å². The van der Waals surface area contributed by atoms with Gasteiger partial charge in [-0.2, -0.15) is 0 Å². The first-order valence-corrected chi connectivity index (χ1v) is 7.73. The fraction of sp³-hybridized carbons (Fsp3) is 0.278. The first-order valence-electron chi connectivity index (χ1n) is 7.36. The molecule has 114 valence electrons. The number of rotatable bonds is 3. The molecule has 2 aromatic rings. The number of benzene rings is 2. The van der Waals surface area contributed by atoms with Crippen LogP contribution in [0.4, 0.5) is 0 Å². The number of fused-ring (bicyclic) bond motifs is 1. The Morgan fingerprint density at radius 1 is 1.18 bits per heavy atom. The highest BCUT2D eigenvalue weighted by molar-refractivity contribution is 6.31. The number of amides is 1. The molecule has 3 nitrogen and oxygen atoms in total. The largest absolute Gasteiger partial charge is 0.496 e. The van der Waals surface area contributed by atoms with Crippen LogP contribution < -0.4 is 4.74 Å². The summed E-state index contributed by atoms with van der Waals surface area (Å²) >= 11 is 6.12. The smallest absolute Gasteiger partial charge is 0.222 e. The lowest BCUT2D eigenvalue weighted by molar-refractivity contribution is -0.131. The number of methoxy groups -OCH3 is 1. The van der Waals surface area contributed by atoms with Crippen LogP contribution >= 0.6 is 11.6 Å². The summed E-state index contributed by atoms with van der Waals surface area (Å²) in [7, 11) is 1.65. The average Bonchev–Trinajstić information content (AvgIpc) is 2.97. The van der Waals surface area contributed by atoms with Crippen molar-refractivity contribution in [3.63, 3.8) is 0 Å². The third-order valence-electron chi connectivity index (χ3n) is 4.06. The lowest BCUT2D eigenvalue weighted by Gasteiger charge is -2.13. The Balaban J connectivity index is 1.97. The van der Waals surface area contributed by atoms with Crippen LogP contribution in [0.5, 0.6) is 5.75 Å². The molecule has 3 rings (SSSR count). The highest BCUT2D eigenvalue weighted by Crippen LogP contribution is 2.35. The van der Waals surface area contributed by atoms with E-state index in [1.807, 2.05) is 30.0 Å². The summed E-state index contributed by atoms with van der Waals surface area (Å²) in [5, 5.41) is 0.680. The molecule has 0 unspecified atom stereocenters. The van der Waals surface area contributed by atoms with Crippen molar-refractivity contribution in [1.29, 1.82) is 0 Å². The Hall–Kier alpha value is -2.00. The summed E-state index contributed by atoms with van der Waals surface area (Å²) in [5.41, 5.74) is 4.44. The predicted molar refractivity (Wildman–Crippen MR) is 88.0 cm³/mol. The monoisotopic (exact) mass is 315 g/mol. The van der Waals surface area contributed by atoms with Crippen LogP contribution in [0.1, 0.15) is 24.5 Å². The number of nitrogens with zero attached hydrogens (tertiary/aromatic N) is 1. The molecule has 0 N–H and O–H groups in total. The first kappa shape index (κ1) is 14.9. The minimum absolute atomic E-state index is 0.193. The zero-order valence-corrected chi connectivity index (χ0v) is 13.5. The summed E-state index contributed by atoms with van der Waals surface area (Å²) in [4.78, 5) is 13.8. The summed E-state index contributed by atoms with van der Waals surface area (Å²) in [5.74, 6) is 0.988. The Morgan fingerprint density at radius 3 is 2.68 bits per heavy atom. The van der Waals surface area contributed by atoms with Gasteiger partial charge in [0.2, 0.25) is 5.91 Å². The lowest BCUT2D eigenvalue weighted by atomic mass is 10.00. The van der Waals surface area contributed by atoms with Gasteiger partial charge in [-0.25, -0.2) is 0 Å². The van der Waals surface area contributed by atoms with Crippen LogP contribution in [-0.2, 0) is 17.9 Å². The zero-order chi connectivity index (χ0) is 15.7. The quantitative estimate of drug-likeness (QED) is 0.846. The molecule has 0 bridgehead atoms. The van der Waals surface area contributed by atoms with Gasteiger partial charge < -0.3 is 9.64 Å². The van der Waals surface area contributed by atoms with E-state index in [9.17, 15) is 4.79 Å². The van der Waals surface area contributed by atoms with Gasteiger partial charge in [-0.3, -0.25) is 4.79 Å². The molecule has 1 aliphatic rings. The Labute approximate surface area is 135 Å². The fourth-order valence-corrected chi connectivity index (χ4v) is 3.04. The Bertz CT molecular complexity index is 727. The molecule has 0 radical (unpaired) electrons. The number of hydrogen-bond acceptors (Lipinski definition) is 2. The molecular formula is C18H18ClNO2. The van der Waals surface area contributed by atoms with Gasteiger partial charge in [-0.1, -0.05) is 30.7 Å². The topological polar surface area (TPSA) is 29.5 Å². The van der Waals surface area contributed by atoms with Crippen molar-refractivity contribution in [2.45, 2.75) is 26.4 Å². The van der Waals surface area contributed by atoms with Gasteiger partial charge in [0.1, 0.15) is 5.75 Å². The zero-order valence-electron chi connectivity index (χ0n) is 12.7. The third-order valence-corrected chi connectivity index (χ3v) is 4.29. The fourth-order valence-electron chi connectivity index (χ4n) is 2.87. The van der Waals surface area contributed by atoms with E-state index in [-0.39, 0.29) is 5.91 Å². The van der Waals surface area contributed by atoms with Gasteiger partial charge in [0.15, 0.2) is 0 Å². The van der Waals surface area contributed by atoms with Crippen molar-refractivity contribution < 1.29 is 9.53 Å². The van der Waals surface area contributed by atoms with E-state index in [0.29, 0.717) is 24.5 Å². The Kier molecular flexibility index (Phi) is 4.08. The van der Waals surface area contributed by atoms with Crippen LogP contribution in [0.2, 0.25) is 5.02 Å². The van der Waals surface area contributed by atoms with E-state index in [0.717, 1.165) is 16.9 Å². The number of ether oxygens (including phenoxy) is 1. The van der Waals surface area contributed by atoms with E-state index in [1.54, 1.807) is 7.11 Å². The van der Waals surface area contributed by atoms with E-state index in [4.69, 9.17) is 16.3 Å². The molecule has 1 heterocycles. The van der Waals surface area contributed by atoms with Crippen molar-refractivity contribution in [2.24, 2.45) is 0 Å². The summed E-state index contributed by atoms with van der Waals surface area (Å²) < 4.78 is 5.43. The molecule has 1 aliphatic heterocycles. The van der Waals surface area contributed by atoms with Gasteiger partial charge in [0.05, 0.1) is 7.11 Å². The van der Waals surface area contributed by atoms with Crippen LogP contribution in [0.15, 0.2) is 36.4 Å². The van der Waals surface area contributed by atoms with Crippen LogP contribution in [0.25, 0.3) is 11.1 Å². The molecule has 22 heavy (non-hydrogen) atoms. The maximum absolute atomic E-state index is 11.9. The van der Waals surface area contributed by atoms with E-state index in [2.05, 4.69) is 18.2 Å². The molecule has 0 atom stereocenters. The third kappa shape index (κ3) is 2.69. The van der Waals surface area contributed by atoms with Crippen molar-refractivity contribution >= 4 is 17.5 Å². The summed E-state index contributed by atoms with van der Waals surface area (Å²) in [6.07, 6.45) is 0.545. The number of halogens is 1. The summed E-state index contributed by atoms with van der Waals surface area (Å²) in [6.45, 7) is 3.28. The van der Waals surface area contributed by atoms with Crippen molar-refractivity contribution in [1.82, 2.24) is 4.90 Å². The Morgan fingerprint density at radius 2 is 1.95 bits per heavy atom. The highest BCUT2D eigenvalue weighted by atomic mass is 35.5. The maximum atomic E-state index is 11.9. The van der Waals surface area contributed by atoms with Crippen molar-refractivity contribution in [2.75, 3.05) is 7.11 Å². The second-order valence-corrected chi connectivity index (χ2v) is 5.87. The summed E-state index contributed by atoms with van der Waals surface area (Å²) in [6, 6.07) is 11.9. The van der Waals surface area contributed by atoms with Crippen molar-refractivity contribution in [3.05, 3.63) is 52.5 Å². The van der Waals surface area contributed by atoms with Gasteiger partial charge in [0.25, 0.3) is 0 Å². The standard InChI is InChI=1S/C18H18ClNO2/c1-3-18(21)20-10-13-5-4-12(8-14(13)11-20)16-9-15(19)6-7-17(16)22-2/h4-9H,3,10-11H2,1-2H3. The van der Waals surface area contributed by atoms with Crippen LogP contribution in [0.3, 0.4) is 0 Å². The molecule has 0 aliphatic carbocycles. The van der Waals surface area contributed by atoms with Gasteiger partial charge in [0, 0.05) is 30.1 Å². The molecule has 0 saturated carbocycles. The van der Waals surface area contributed by atoms with E-state index >= 15 is 0 Å². The first-order chi connectivity index (χ1) is 10.6. The molecule has 1 amide bonds.